The number of benzene rings is 2. The summed E-state index contributed by atoms with van der Waals surface area (Å²) in [5.41, 5.74) is 3.22. The van der Waals surface area contributed by atoms with Gasteiger partial charge in [0, 0.05) is 24.8 Å². The van der Waals surface area contributed by atoms with Gasteiger partial charge in [0.2, 0.25) is 5.91 Å². The highest BCUT2D eigenvalue weighted by molar-refractivity contribution is 9.10. The van der Waals surface area contributed by atoms with Crippen LogP contribution in [0.4, 0.5) is 10.1 Å². The van der Waals surface area contributed by atoms with Gasteiger partial charge < -0.3 is 15.4 Å². The highest BCUT2D eigenvalue weighted by atomic mass is 79.9. The summed E-state index contributed by atoms with van der Waals surface area (Å²) < 4.78 is 20.9. The monoisotopic (exact) mass is 446 g/mol. The molecule has 1 aromatic heterocycles. The fourth-order valence-electron chi connectivity index (χ4n) is 2.81. The van der Waals surface area contributed by atoms with Gasteiger partial charge in [0.25, 0.3) is 0 Å². The maximum atomic E-state index is 12.9. The molecular weight excluding hydrogens is 427 g/mol. The Hall–Kier alpha value is -2.71. The Labute approximate surface area is 170 Å². The van der Waals surface area contributed by atoms with Crippen molar-refractivity contribution in [3.63, 3.8) is 0 Å². The number of nitrogens with zero attached hydrogens (tertiary/aromatic N) is 2. The maximum absolute atomic E-state index is 12.9. The van der Waals surface area contributed by atoms with Crippen molar-refractivity contribution >= 4 is 27.5 Å². The molecule has 0 aliphatic rings. The molecule has 0 aliphatic carbocycles. The van der Waals surface area contributed by atoms with Crippen LogP contribution in [0.3, 0.4) is 0 Å². The van der Waals surface area contributed by atoms with Gasteiger partial charge in [0.1, 0.15) is 11.6 Å². The summed E-state index contributed by atoms with van der Waals surface area (Å²) in [6, 6.07) is 11.6. The number of carbonyl (C=O) groups is 1. The van der Waals surface area contributed by atoms with Gasteiger partial charge in [-0.05, 0) is 51.8 Å². The van der Waals surface area contributed by atoms with Crippen LogP contribution in [0.2, 0.25) is 0 Å². The molecule has 3 rings (SSSR count). The largest absolute Gasteiger partial charge is 0.496 e. The summed E-state index contributed by atoms with van der Waals surface area (Å²) >= 11 is 3.49. The zero-order chi connectivity index (χ0) is 20.1. The van der Waals surface area contributed by atoms with Gasteiger partial charge in [-0.1, -0.05) is 12.1 Å². The Morgan fingerprint density at radius 3 is 2.64 bits per heavy atom. The van der Waals surface area contributed by atoms with Crippen molar-refractivity contribution in [1.29, 1.82) is 0 Å². The summed E-state index contributed by atoms with van der Waals surface area (Å²) in [5.74, 6) is 0.218. The number of carbonyl (C=O) groups excluding carboxylic acids is 1. The number of rotatable bonds is 7. The van der Waals surface area contributed by atoms with E-state index < -0.39 is 0 Å². The average Bonchev–Trinajstić information content (AvgIpc) is 3.01. The third kappa shape index (κ3) is 4.76. The fourth-order valence-corrected chi connectivity index (χ4v) is 3.37. The van der Waals surface area contributed by atoms with Crippen LogP contribution in [0.5, 0.6) is 5.75 Å². The molecule has 3 aromatic rings. The summed E-state index contributed by atoms with van der Waals surface area (Å²) in [6.45, 7) is 0.609. The molecule has 0 spiro atoms. The first-order valence-corrected chi connectivity index (χ1v) is 9.38. The second-order valence-electron chi connectivity index (χ2n) is 6.16. The van der Waals surface area contributed by atoms with Crippen molar-refractivity contribution in [2.45, 2.75) is 6.54 Å². The molecule has 0 fully saturated rings. The van der Waals surface area contributed by atoms with Crippen LogP contribution in [0, 0.1) is 5.82 Å². The molecule has 0 atom stereocenters. The van der Waals surface area contributed by atoms with Crippen molar-refractivity contribution in [2.24, 2.45) is 7.05 Å². The van der Waals surface area contributed by atoms with Crippen LogP contribution in [-0.4, -0.2) is 29.3 Å². The lowest BCUT2D eigenvalue weighted by Gasteiger charge is -2.13. The van der Waals surface area contributed by atoms with Gasteiger partial charge >= 0.3 is 0 Å². The topological polar surface area (TPSA) is 68.2 Å². The predicted molar refractivity (Wildman–Crippen MR) is 110 cm³/mol. The molecule has 0 saturated heterocycles. The van der Waals surface area contributed by atoms with Gasteiger partial charge in [-0.3, -0.25) is 9.48 Å². The van der Waals surface area contributed by atoms with Gasteiger partial charge in [0.15, 0.2) is 0 Å². The molecule has 0 aliphatic heterocycles. The van der Waals surface area contributed by atoms with E-state index >= 15 is 0 Å². The number of anilines is 1. The van der Waals surface area contributed by atoms with Gasteiger partial charge in [-0.2, -0.15) is 5.10 Å². The summed E-state index contributed by atoms with van der Waals surface area (Å²) in [5, 5.41) is 10.1. The molecule has 2 aromatic carbocycles. The molecule has 8 heteroatoms. The van der Waals surface area contributed by atoms with E-state index in [0.717, 1.165) is 21.3 Å². The lowest BCUT2D eigenvalue weighted by atomic mass is 10.1. The summed E-state index contributed by atoms with van der Waals surface area (Å²) in [6.07, 6.45) is 1.71. The van der Waals surface area contributed by atoms with Gasteiger partial charge in [-0.25, -0.2) is 4.39 Å². The summed E-state index contributed by atoms with van der Waals surface area (Å²) in [7, 11) is 3.44. The molecule has 1 heterocycles. The van der Waals surface area contributed by atoms with E-state index in [0.29, 0.717) is 18.0 Å². The van der Waals surface area contributed by atoms with Crippen LogP contribution in [0.25, 0.3) is 11.3 Å². The third-order valence-electron chi connectivity index (χ3n) is 4.16. The highest BCUT2D eigenvalue weighted by Gasteiger charge is 2.15. The lowest BCUT2D eigenvalue weighted by Crippen LogP contribution is -2.27. The van der Waals surface area contributed by atoms with E-state index in [1.807, 2.05) is 13.1 Å². The Bertz CT molecular complexity index is 953. The smallest absolute Gasteiger partial charge is 0.238 e. The molecule has 0 bridgehead atoms. The SMILES string of the molecule is COc1ccc(NC(=O)CNCc2ccc(F)cc2)cc1-c1c(Br)cnn1C. The number of aryl methyl sites for hydroxylation is 1. The number of hydrogen-bond acceptors (Lipinski definition) is 4. The highest BCUT2D eigenvalue weighted by Crippen LogP contribution is 2.36. The van der Waals surface area contributed by atoms with Gasteiger partial charge in [-0.15, -0.1) is 0 Å². The molecular formula is C20H20BrFN4O2. The Balaban J connectivity index is 1.66. The normalized spacial score (nSPS) is 10.7. The Morgan fingerprint density at radius 2 is 2.00 bits per heavy atom. The summed E-state index contributed by atoms with van der Waals surface area (Å²) in [4.78, 5) is 12.3. The number of methoxy groups -OCH3 is 1. The number of aromatic nitrogens is 2. The van der Waals surface area contributed by atoms with Crippen molar-refractivity contribution in [3.05, 3.63) is 64.5 Å². The molecule has 2 N–H and O–H groups in total. The number of amides is 1. The lowest BCUT2D eigenvalue weighted by molar-refractivity contribution is -0.115. The van der Waals surface area contributed by atoms with Crippen LogP contribution >= 0.6 is 15.9 Å². The average molecular weight is 447 g/mol. The molecule has 146 valence electrons. The molecule has 0 radical (unpaired) electrons. The number of ether oxygens (including phenoxy) is 1. The predicted octanol–water partition coefficient (Wildman–Crippen LogP) is 3.73. The second kappa shape index (κ2) is 8.99. The number of hydrogen-bond donors (Lipinski definition) is 2. The van der Waals surface area contributed by atoms with Gasteiger partial charge in [0.05, 0.1) is 30.0 Å². The van der Waals surface area contributed by atoms with E-state index in [4.69, 9.17) is 4.74 Å². The van der Waals surface area contributed by atoms with E-state index in [9.17, 15) is 9.18 Å². The van der Waals surface area contributed by atoms with Crippen LogP contribution in [0.1, 0.15) is 5.56 Å². The van der Waals surface area contributed by atoms with Crippen LogP contribution in [0.15, 0.2) is 53.1 Å². The van der Waals surface area contributed by atoms with E-state index in [-0.39, 0.29) is 18.3 Å². The minimum absolute atomic E-state index is 0.133. The number of halogens is 2. The molecule has 1 amide bonds. The maximum Gasteiger partial charge on any atom is 0.238 e. The van der Waals surface area contributed by atoms with Crippen molar-refractivity contribution in [2.75, 3.05) is 19.0 Å². The third-order valence-corrected chi connectivity index (χ3v) is 4.74. The molecule has 28 heavy (non-hydrogen) atoms. The first kappa shape index (κ1) is 20.0. The van der Waals surface area contributed by atoms with E-state index in [1.165, 1.54) is 12.1 Å². The first-order valence-electron chi connectivity index (χ1n) is 8.59. The van der Waals surface area contributed by atoms with Crippen molar-refractivity contribution in [1.82, 2.24) is 15.1 Å². The minimum atomic E-state index is -0.281. The standard InChI is InChI=1S/C20H20BrFN4O2/c1-26-20(17(21)11-24-26)16-9-15(7-8-18(16)28-2)25-19(27)12-23-10-13-3-5-14(22)6-4-13/h3-9,11,23H,10,12H2,1-2H3,(H,25,27). The second-order valence-corrected chi connectivity index (χ2v) is 7.01. The molecule has 0 saturated carbocycles. The van der Waals surface area contributed by atoms with Crippen LogP contribution in [-0.2, 0) is 18.4 Å². The quantitative estimate of drug-likeness (QED) is 0.580. The zero-order valence-electron chi connectivity index (χ0n) is 15.5. The Morgan fingerprint density at radius 1 is 1.25 bits per heavy atom. The molecule has 6 nitrogen and oxygen atoms in total. The van der Waals surface area contributed by atoms with Crippen molar-refractivity contribution in [3.8, 4) is 17.0 Å². The minimum Gasteiger partial charge on any atom is -0.496 e. The van der Waals surface area contributed by atoms with E-state index in [1.54, 1.807) is 42.3 Å². The Kier molecular flexibility index (Phi) is 6.43. The first-order chi connectivity index (χ1) is 13.5. The number of nitrogens with one attached hydrogen (secondary N) is 2. The van der Waals surface area contributed by atoms with Crippen LogP contribution < -0.4 is 15.4 Å². The molecule has 0 unspecified atom stereocenters. The van der Waals surface area contributed by atoms with E-state index in [2.05, 4.69) is 31.7 Å². The van der Waals surface area contributed by atoms with Crippen molar-refractivity contribution < 1.29 is 13.9 Å². The zero-order valence-corrected chi connectivity index (χ0v) is 17.1. The fraction of sp³-hybridized carbons (Fsp3) is 0.200.